The minimum absolute atomic E-state index is 0.709. The van der Waals surface area contributed by atoms with Gasteiger partial charge in [0.25, 0.3) is 0 Å². The second kappa shape index (κ2) is 5.73. The number of aromatic nitrogens is 1. The van der Waals surface area contributed by atoms with Gasteiger partial charge in [-0.3, -0.25) is 0 Å². The van der Waals surface area contributed by atoms with E-state index in [0.717, 1.165) is 10.9 Å². The summed E-state index contributed by atoms with van der Waals surface area (Å²) in [5, 5.41) is 5.17. The quantitative estimate of drug-likeness (QED) is 0.826. The Morgan fingerprint density at radius 3 is 2.87 bits per heavy atom. The molecule has 0 radical (unpaired) electrons. The average molecular weight is 243 g/mol. The Bertz CT molecular complexity index is 296. The van der Waals surface area contributed by atoms with Crippen LogP contribution in [0, 0.1) is 5.92 Å². The zero-order valence-corrected chi connectivity index (χ0v) is 10.2. The average Bonchev–Trinajstić information content (AvgIpc) is 2.30. The lowest BCUT2D eigenvalue weighted by atomic mass is 10.0. The monoisotopic (exact) mass is 242 g/mol. The molecule has 1 saturated heterocycles. The van der Waals surface area contributed by atoms with E-state index in [1.807, 2.05) is 23.9 Å². The van der Waals surface area contributed by atoms with Crippen LogP contribution >= 0.6 is 23.4 Å². The highest BCUT2D eigenvalue weighted by Gasteiger charge is 2.13. The summed E-state index contributed by atoms with van der Waals surface area (Å²) in [6, 6.07) is 3.90. The zero-order chi connectivity index (χ0) is 10.5. The van der Waals surface area contributed by atoms with Gasteiger partial charge in [0.2, 0.25) is 0 Å². The third kappa shape index (κ3) is 3.67. The molecule has 0 aliphatic carbocycles. The van der Waals surface area contributed by atoms with Crippen molar-refractivity contribution in [1.29, 1.82) is 0 Å². The first kappa shape index (κ1) is 11.2. The number of thioether (sulfide) groups is 1. The summed E-state index contributed by atoms with van der Waals surface area (Å²) >= 11 is 7.62. The number of pyridine rings is 1. The molecule has 1 aliphatic heterocycles. The van der Waals surface area contributed by atoms with Crippen LogP contribution in [-0.2, 0) is 0 Å². The fraction of sp³-hybridized carbons (Fsp3) is 0.545. The Morgan fingerprint density at radius 1 is 1.40 bits per heavy atom. The molecule has 1 aliphatic rings. The molecule has 0 bridgehead atoms. The summed E-state index contributed by atoms with van der Waals surface area (Å²) in [6.45, 7) is 2.33. The number of piperidine rings is 1. The molecular weight excluding hydrogens is 228 g/mol. The lowest BCUT2D eigenvalue weighted by Crippen LogP contribution is -2.28. The Balaban J connectivity index is 1.79. The molecule has 4 heteroatoms. The van der Waals surface area contributed by atoms with Crippen LogP contribution in [0.3, 0.4) is 0 Å². The van der Waals surface area contributed by atoms with Crippen molar-refractivity contribution in [3.8, 4) is 0 Å². The number of nitrogens with one attached hydrogen (secondary N) is 1. The minimum Gasteiger partial charge on any atom is -0.317 e. The van der Waals surface area contributed by atoms with Gasteiger partial charge in [-0.2, -0.15) is 0 Å². The molecule has 15 heavy (non-hydrogen) atoms. The summed E-state index contributed by atoms with van der Waals surface area (Å²) in [6.07, 6.45) is 4.30. The van der Waals surface area contributed by atoms with Crippen LogP contribution in [0.4, 0.5) is 0 Å². The van der Waals surface area contributed by atoms with E-state index < -0.39 is 0 Å². The Morgan fingerprint density at radius 2 is 2.20 bits per heavy atom. The van der Waals surface area contributed by atoms with E-state index in [0.29, 0.717) is 5.02 Å². The predicted molar refractivity (Wildman–Crippen MR) is 65.6 cm³/mol. The van der Waals surface area contributed by atoms with E-state index in [-0.39, 0.29) is 0 Å². The van der Waals surface area contributed by atoms with Gasteiger partial charge in [0.1, 0.15) is 0 Å². The van der Waals surface area contributed by atoms with Gasteiger partial charge in [0.05, 0.1) is 10.0 Å². The van der Waals surface area contributed by atoms with Crippen molar-refractivity contribution >= 4 is 23.4 Å². The normalized spacial score (nSPS) is 17.9. The molecule has 1 aromatic heterocycles. The largest absolute Gasteiger partial charge is 0.317 e. The second-order valence-corrected chi connectivity index (χ2v) is 5.30. The highest BCUT2D eigenvalue weighted by molar-refractivity contribution is 7.99. The van der Waals surface area contributed by atoms with Crippen LogP contribution < -0.4 is 5.32 Å². The van der Waals surface area contributed by atoms with Crippen molar-refractivity contribution in [3.63, 3.8) is 0 Å². The fourth-order valence-electron chi connectivity index (χ4n) is 1.70. The molecule has 82 valence electrons. The number of nitrogens with zero attached hydrogens (tertiary/aromatic N) is 1. The molecule has 0 aromatic carbocycles. The van der Waals surface area contributed by atoms with Crippen LogP contribution in [0.1, 0.15) is 12.8 Å². The van der Waals surface area contributed by atoms with Crippen molar-refractivity contribution in [2.24, 2.45) is 5.92 Å². The summed E-state index contributed by atoms with van der Waals surface area (Å²) in [5.74, 6) is 2.02. The Labute approximate surface area is 99.8 Å². The Hall–Kier alpha value is -0.250. The van der Waals surface area contributed by atoms with Crippen LogP contribution in [0.5, 0.6) is 0 Å². The summed E-state index contributed by atoms with van der Waals surface area (Å²) in [5.41, 5.74) is 0. The third-order valence-electron chi connectivity index (χ3n) is 2.63. The van der Waals surface area contributed by atoms with Crippen LogP contribution in [-0.4, -0.2) is 23.8 Å². The zero-order valence-electron chi connectivity index (χ0n) is 8.58. The van der Waals surface area contributed by atoms with Crippen molar-refractivity contribution < 1.29 is 0 Å². The van der Waals surface area contributed by atoms with Crippen molar-refractivity contribution in [3.05, 3.63) is 23.4 Å². The predicted octanol–water partition coefficient (Wildman–Crippen LogP) is 2.83. The second-order valence-electron chi connectivity index (χ2n) is 3.82. The van der Waals surface area contributed by atoms with E-state index in [4.69, 9.17) is 11.6 Å². The lowest BCUT2D eigenvalue weighted by molar-refractivity contribution is 0.408. The first-order chi connectivity index (χ1) is 7.34. The van der Waals surface area contributed by atoms with Gasteiger partial charge < -0.3 is 5.32 Å². The highest BCUT2D eigenvalue weighted by Crippen LogP contribution is 2.23. The fourth-order valence-corrected chi connectivity index (χ4v) is 2.84. The smallest absolute Gasteiger partial charge is 0.0961 e. The standard InChI is InChI=1S/C11H15ClN2S/c12-10-1-2-11(14-7-10)15-8-9-3-5-13-6-4-9/h1-2,7,9,13H,3-6,8H2. The van der Waals surface area contributed by atoms with E-state index in [9.17, 15) is 0 Å². The third-order valence-corrected chi connectivity index (χ3v) is 4.02. The van der Waals surface area contributed by atoms with E-state index >= 15 is 0 Å². The lowest BCUT2D eigenvalue weighted by Gasteiger charge is -2.21. The molecule has 1 fully saturated rings. The molecule has 0 unspecified atom stereocenters. The molecule has 0 saturated carbocycles. The van der Waals surface area contributed by atoms with Gasteiger partial charge in [-0.15, -0.1) is 11.8 Å². The van der Waals surface area contributed by atoms with E-state index in [2.05, 4.69) is 10.3 Å². The SMILES string of the molecule is Clc1ccc(SCC2CCNCC2)nc1. The molecule has 0 spiro atoms. The number of hydrogen-bond acceptors (Lipinski definition) is 3. The van der Waals surface area contributed by atoms with E-state index in [1.165, 1.54) is 31.7 Å². The van der Waals surface area contributed by atoms with Crippen molar-refractivity contribution in [2.45, 2.75) is 17.9 Å². The molecule has 0 atom stereocenters. The maximum absolute atomic E-state index is 5.78. The van der Waals surface area contributed by atoms with Crippen LogP contribution in [0.2, 0.25) is 5.02 Å². The maximum Gasteiger partial charge on any atom is 0.0961 e. The van der Waals surface area contributed by atoms with Gasteiger partial charge >= 0.3 is 0 Å². The maximum atomic E-state index is 5.78. The van der Waals surface area contributed by atoms with Gasteiger partial charge in [-0.1, -0.05) is 11.6 Å². The summed E-state index contributed by atoms with van der Waals surface area (Å²) in [4.78, 5) is 4.28. The molecule has 2 rings (SSSR count). The van der Waals surface area contributed by atoms with Crippen LogP contribution in [0.15, 0.2) is 23.4 Å². The van der Waals surface area contributed by atoms with Gasteiger partial charge in [-0.25, -0.2) is 4.98 Å². The number of halogens is 1. The highest BCUT2D eigenvalue weighted by atomic mass is 35.5. The van der Waals surface area contributed by atoms with Gasteiger partial charge in [0.15, 0.2) is 0 Å². The number of hydrogen-bond donors (Lipinski definition) is 1. The molecule has 1 N–H and O–H groups in total. The summed E-state index contributed by atoms with van der Waals surface area (Å²) < 4.78 is 0. The van der Waals surface area contributed by atoms with Gasteiger partial charge in [0, 0.05) is 11.9 Å². The van der Waals surface area contributed by atoms with Gasteiger partial charge in [-0.05, 0) is 44.0 Å². The molecule has 2 heterocycles. The summed E-state index contributed by atoms with van der Waals surface area (Å²) in [7, 11) is 0. The van der Waals surface area contributed by atoms with Crippen LogP contribution in [0.25, 0.3) is 0 Å². The molecular formula is C11H15ClN2S. The minimum atomic E-state index is 0.709. The van der Waals surface area contributed by atoms with E-state index in [1.54, 1.807) is 6.20 Å². The topological polar surface area (TPSA) is 24.9 Å². The number of rotatable bonds is 3. The molecule has 2 nitrogen and oxygen atoms in total. The molecule has 1 aromatic rings. The van der Waals surface area contributed by atoms with Crippen molar-refractivity contribution in [1.82, 2.24) is 10.3 Å². The Kier molecular flexibility index (Phi) is 4.29. The first-order valence-corrected chi connectivity index (χ1v) is 6.66. The molecule has 0 amide bonds. The van der Waals surface area contributed by atoms with Crippen molar-refractivity contribution in [2.75, 3.05) is 18.8 Å². The first-order valence-electron chi connectivity index (χ1n) is 5.29.